The number of rotatable bonds is 6. The second-order valence-electron chi connectivity index (χ2n) is 4.83. The molecule has 0 bridgehead atoms. The molecule has 110 valence electrons. The molecule has 0 aromatic heterocycles. The highest BCUT2D eigenvalue weighted by atomic mass is 15.4. The van der Waals surface area contributed by atoms with Crippen molar-refractivity contribution in [3.05, 3.63) is 60.2 Å². The standard InChI is InChI=1S/C18H23N3/c1-4-21(5-2)18-14-10-9-11-16(18)15-19-20(3)17-12-7-6-8-13-17/h6-15H,4-5H2,1-3H3/b19-15+. The van der Waals surface area contributed by atoms with E-state index in [1.165, 1.54) is 5.69 Å². The molecule has 2 aromatic carbocycles. The Morgan fingerprint density at radius 1 is 0.905 bits per heavy atom. The van der Waals surface area contributed by atoms with E-state index in [9.17, 15) is 0 Å². The number of para-hydroxylation sites is 2. The summed E-state index contributed by atoms with van der Waals surface area (Å²) in [5.74, 6) is 0. The molecule has 0 saturated carbocycles. The van der Waals surface area contributed by atoms with Crippen molar-refractivity contribution in [2.24, 2.45) is 5.10 Å². The maximum absolute atomic E-state index is 4.56. The topological polar surface area (TPSA) is 18.8 Å². The summed E-state index contributed by atoms with van der Waals surface area (Å²) in [6.07, 6.45) is 1.93. The maximum atomic E-state index is 4.56. The molecule has 3 heteroatoms. The average Bonchev–Trinajstić information content (AvgIpc) is 2.55. The molecule has 2 rings (SSSR count). The molecule has 0 atom stereocenters. The van der Waals surface area contributed by atoms with Crippen molar-refractivity contribution in [2.45, 2.75) is 13.8 Å². The van der Waals surface area contributed by atoms with Gasteiger partial charge in [0.05, 0.1) is 11.9 Å². The highest BCUT2D eigenvalue weighted by Gasteiger charge is 2.06. The molecule has 0 aliphatic carbocycles. The lowest BCUT2D eigenvalue weighted by molar-refractivity contribution is 0.865. The van der Waals surface area contributed by atoms with E-state index in [1.807, 2.05) is 48.6 Å². The zero-order valence-electron chi connectivity index (χ0n) is 13.0. The van der Waals surface area contributed by atoms with Gasteiger partial charge in [-0.1, -0.05) is 36.4 Å². The van der Waals surface area contributed by atoms with Crippen LogP contribution >= 0.6 is 0 Å². The normalized spacial score (nSPS) is 10.8. The summed E-state index contributed by atoms with van der Waals surface area (Å²) in [6, 6.07) is 18.5. The summed E-state index contributed by atoms with van der Waals surface area (Å²) >= 11 is 0. The fraction of sp³-hybridized carbons (Fsp3) is 0.278. The van der Waals surface area contributed by atoms with Crippen LogP contribution in [0.2, 0.25) is 0 Å². The van der Waals surface area contributed by atoms with E-state index >= 15 is 0 Å². The molecule has 0 spiro atoms. The van der Waals surface area contributed by atoms with E-state index in [0.29, 0.717) is 0 Å². The zero-order valence-corrected chi connectivity index (χ0v) is 13.0. The predicted molar refractivity (Wildman–Crippen MR) is 92.4 cm³/mol. The minimum Gasteiger partial charge on any atom is -0.372 e. The molecule has 2 aromatic rings. The quantitative estimate of drug-likeness (QED) is 0.588. The number of hydrogen-bond acceptors (Lipinski definition) is 3. The van der Waals surface area contributed by atoms with E-state index in [0.717, 1.165) is 24.3 Å². The van der Waals surface area contributed by atoms with Crippen LogP contribution in [0.4, 0.5) is 11.4 Å². The van der Waals surface area contributed by atoms with E-state index < -0.39 is 0 Å². The highest BCUT2D eigenvalue weighted by molar-refractivity contribution is 5.88. The lowest BCUT2D eigenvalue weighted by Crippen LogP contribution is -2.23. The zero-order chi connectivity index (χ0) is 15.1. The Kier molecular flexibility index (Phi) is 5.38. The first-order chi connectivity index (χ1) is 10.3. The number of nitrogens with zero attached hydrogens (tertiary/aromatic N) is 3. The lowest BCUT2D eigenvalue weighted by atomic mass is 10.1. The van der Waals surface area contributed by atoms with Gasteiger partial charge in [0, 0.05) is 31.4 Å². The molecule has 3 nitrogen and oxygen atoms in total. The van der Waals surface area contributed by atoms with Gasteiger partial charge in [0.1, 0.15) is 0 Å². The first-order valence-corrected chi connectivity index (χ1v) is 7.43. The van der Waals surface area contributed by atoms with Gasteiger partial charge in [0.2, 0.25) is 0 Å². The Bertz CT molecular complexity index is 574. The van der Waals surface area contributed by atoms with E-state index in [2.05, 4.69) is 48.1 Å². The van der Waals surface area contributed by atoms with E-state index in [4.69, 9.17) is 0 Å². The molecule has 0 unspecified atom stereocenters. The van der Waals surface area contributed by atoms with Gasteiger partial charge < -0.3 is 4.90 Å². The molecule has 0 aliphatic heterocycles. The van der Waals surface area contributed by atoms with Crippen LogP contribution in [0.25, 0.3) is 0 Å². The lowest BCUT2D eigenvalue weighted by Gasteiger charge is -2.23. The number of hydrogen-bond donors (Lipinski definition) is 0. The summed E-state index contributed by atoms with van der Waals surface area (Å²) in [5.41, 5.74) is 3.45. The van der Waals surface area contributed by atoms with Crippen molar-refractivity contribution >= 4 is 17.6 Å². The number of anilines is 2. The number of hydrazone groups is 1. The second kappa shape index (κ2) is 7.48. The summed E-state index contributed by atoms with van der Waals surface area (Å²) in [6.45, 7) is 6.34. The molecule has 0 N–H and O–H groups in total. The molecular formula is C18H23N3. The van der Waals surface area contributed by atoms with Gasteiger partial charge in [-0.05, 0) is 32.0 Å². The fourth-order valence-electron chi connectivity index (χ4n) is 2.31. The Hall–Kier alpha value is -2.29. The minimum atomic E-state index is 0.996. The Morgan fingerprint density at radius 2 is 1.52 bits per heavy atom. The maximum Gasteiger partial charge on any atom is 0.0590 e. The van der Waals surface area contributed by atoms with Gasteiger partial charge >= 0.3 is 0 Å². The van der Waals surface area contributed by atoms with Crippen LogP contribution in [0.3, 0.4) is 0 Å². The SMILES string of the molecule is CCN(CC)c1ccccc1/C=N/N(C)c1ccccc1. The van der Waals surface area contributed by atoms with Crippen LogP contribution in [0, 0.1) is 0 Å². The first kappa shape index (κ1) is 15.1. The van der Waals surface area contributed by atoms with Crippen molar-refractivity contribution in [1.29, 1.82) is 0 Å². The third-order valence-electron chi connectivity index (χ3n) is 3.54. The smallest absolute Gasteiger partial charge is 0.0590 e. The van der Waals surface area contributed by atoms with Crippen LogP contribution in [-0.4, -0.2) is 26.4 Å². The summed E-state index contributed by atoms with van der Waals surface area (Å²) in [5, 5.41) is 6.45. The molecule has 0 heterocycles. The Labute approximate surface area is 127 Å². The first-order valence-electron chi connectivity index (χ1n) is 7.43. The summed E-state index contributed by atoms with van der Waals surface area (Å²) in [7, 11) is 1.96. The summed E-state index contributed by atoms with van der Waals surface area (Å²) < 4.78 is 0. The van der Waals surface area contributed by atoms with E-state index in [1.54, 1.807) is 0 Å². The minimum absolute atomic E-state index is 0.996. The molecule has 0 saturated heterocycles. The molecule has 21 heavy (non-hydrogen) atoms. The Morgan fingerprint density at radius 3 is 2.19 bits per heavy atom. The van der Waals surface area contributed by atoms with Crippen molar-refractivity contribution in [3.8, 4) is 0 Å². The molecule has 0 fully saturated rings. The van der Waals surface area contributed by atoms with E-state index in [-0.39, 0.29) is 0 Å². The molecule has 0 aliphatic rings. The fourth-order valence-corrected chi connectivity index (χ4v) is 2.31. The largest absolute Gasteiger partial charge is 0.372 e. The van der Waals surface area contributed by atoms with Crippen LogP contribution in [-0.2, 0) is 0 Å². The number of benzene rings is 2. The molecule has 0 radical (unpaired) electrons. The predicted octanol–water partition coefficient (Wildman–Crippen LogP) is 4.00. The van der Waals surface area contributed by atoms with Crippen molar-refractivity contribution < 1.29 is 0 Å². The summed E-state index contributed by atoms with van der Waals surface area (Å²) in [4.78, 5) is 2.34. The van der Waals surface area contributed by atoms with Crippen LogP contribution in [0.1, 0.15) is 19.4 Å². The molecular weight excluding hydrogens is 258 g/mol. The van der Waals surface area contributed by atoms with Gasteiger partial charge in [-0.2, -0.15) is 5.10 Å². The van der Waals surface area contributed by atoms with Crippen molar-refractivity contribution in [1.82, 2.24) is 0 Å². The van der Waals surface area contributed by atoms with Crippen LogP contribution in [0.5, 0.6) is 0 Å². The second-order valence-corrected chi connectivity index (χ2v) is 4.83. The third kappa shape index (κ3) is 3.85. The highest BCUT2D eigenvalue weighted by Crippen LogP contribution is 2.19. The van der Waals surface area contributed by atoms with Crippen molar-refractivity contribution in [2.75, 3.05) is 30.0 Å². The van der Waals surface area contributed by atoms with Gasteiger partial charge in [-0.25, -0.2) is 0 Å². The van der Waals surface area contributed by atoms with Crippen LogP contribution in [0.15, 0.2) is 59.7 Å². The van der Waals surface area contributed by atoms with Gasteiger partial charge in [0.15, 0.2) is 0 Å². The average molecular weight is 281 g/mol. The Balaban J connectivity index is 2.21. The van der Waals surface area contributed by atoms with Crippen molar-refractivity contribution in [3.63, 3.8) is 0 Å². The van der Waals surface area contributed by atoms with Gasteiger partial charge in [0.25, 0.3) is 0 Å². The van der Waals surface area contributed by atoms with Gasteiger partial charge in [-0.15, -0.1) is 0 Å². The monoisotopic (exact) mass is 281 g/mol. The molecule has 0 amide bonds. The van der Waals surface area contributed by atoms with Gasteiger partial charge in [-0.3, -0.25) is 5.01 Å². The third-order valence-corrected chi connectivity index (χ3v) is 3.54. The van der Waals surface area contributed by atoms with Crippen LogP contribution < -0.4 is 9.91 Å².